The molecule has 5 heteroatoms. The Balaban J connectivity index is 2.31. The van der Waals surface area contributed by atoms with E-state index in [1.54, 1.807) is 16.4 Å². The van der Waals surface area contributed by atoms with E-state index >= 15 is 0 Å². The number of benzene rings is 1. The first kappa shape index (κ1) is 16.5. The highest BCUT2D eigenvalue weighted by Crippen LogP contribution is 2.27. The first-order chi connectivity index (χ1) is 9.64. The van der Waals surface area contributed by atoms with Crippen LogP contribution in [0.2, 0.25) is 0 Å². The average molecular weight is 311 g/mol. The zero-order valence-corrected chi connectivity index (χ0v) is 14.3. The van der Waals surface area contributed by atoms with Crippen molar-refractivity contribution >= 4 is 10.0 Å². The van der Waals surface area contributed by atoms with Gasteiger partial charge in [0.25, 0.3) is 0 Å². The van der Waals surface area contributed by atoms with E-state index in [2.05, 4.69) is 20.8 Å². The molecule has 1 aliphatic rings. The molecule has 2 atom stereocenters. The van der Waals surface area contributed by atoms with E-state index in [1.165, 1.54) is 0 Å². The number of nitrogens with zero attached hydrogens (tertiary/aromatic N) is 1. The van der Waals surface area contributed by atoms with Crippen molar-refractivity contribution < 1.29 is 13.2 Å². The van der Waals surface area contributed by atoms with Crippen molar-refractivity contribution in [1.82, 2.24) is 4.31 Å². The quantitative estimate of drug-likeness (QED) is 0.844. The van der Waals surface area contributed by atoms with Crippen LogP contribution in [-0.2, 0) is 20.2 Å². The minimum absolute atomic E-state index is 0.0169. The standard InChI is InChI=1S/C16H25NO3S/c1-12-13(2)20-11-10-17(12)21(18,19)15-8-6-14(7-9-15)16(3,4)5/h6-9,12-13H,10-11H2,1-5H3. The fraction of sp³-hybridized carbons (Fsp3) is 0.625. The monoisotopic (exact) mass is 311 g/mol. The van der Waals surface area contributed by atoms with Crippen LogP contribution in [0.1, 0.15) is 40.2 Å². The van der Waals surface area contributed by atoms with Gasteiger partial charge < -0.3 is 4.74 Å². The second-order valence-corrected chi connectivity index (χ2v) is 8.60. The van der Waals surface area contributed by atoms with Gasteiger partial charge in [-0.25, -0.2) is 8.42 Å². The Hall–Kier alpha value is -0.910. The van der Waals surface area contributed by atoms with Crippen molar-refractivity contribution in [2.24, 2.45) is 0 Å². The Morgan fingerprint density at radius 3 is 2.24 bits per heavy atom. The zero-order chi connectivity index (χ0) is 15.8. The predicted octanol–water partition coefficient (Wildman–Crippen LogP) is 2.78. The largest absolute Gasteiger partial charge is 0.375 e. The van der Waals surface area contributed by atoms with E-state index < -0.39 is 10.0 Å². The Labute approximate surface area is 128 Å². The minimum Gasteiger partial charge on any atom is -0.375 e. The zero-order valence-electron chi connectivity index (χ0n) is 13.5. The molecule has 2 rings (SSSR count). The maximum Gasteiger partial charge on any atom is 0.243 e. The van der Waals surface area contributed by atoms with E-state index in [4.69, 9.17) is 4.74 Å². The van der Waals surface area contributed by atoms with Crippen LogP contribution in [0.3, 0.4) is 0 Å². The number of hydrogen-bond donors (Lipinski definition) is 0. The van der Waals surface area contributed by atoms with Crippen molar-refractivity contribution in [3.63, 3.8) is 0 Å². The molecule has 0 saturated carbocycles. The van der Waals surface area contributed by atoms with Gasteiger partial charge in [-0.3, -0.25) is 0 Å². The summed E-state index contributed by atoms with van der Waals surface area (Å²) in [7, 11) is -3.45. The molecule has 1 heterocycles. The third kappa shape index (κ3) is 3.30. The molecular weight excluding hydrogens is 286 g/mol. The minimum atomic E-state index is -3.45. The van der Waals surface area contributed by atoms with E-state index in [-0.39, 0.29) is 17.6 Å². The van der Waals surface area contributed by atoms with E-state index in [1.807, 2.05) is 26.0 Å². The summed E-state index contributed by atoms with van der Waals surface area (Å²) in [5.74, 6) is 0. The Kier molecular flexibility index (Phi) is 4.47. The van der Waals surface area contributed by atoms with Gasteiger partial charge in [-0.15, -0.1) is 0 Å². The number of ether oxygens (including phenoxy) is 1. The SMILES string of the molecule is CC1OCCN(S(=O)(=O)c2ccc(C(C)(C)C)cc2)C1C. The number of morpholine rings is 1. The number of hydrogen-bond acceptors (Lipinski definition) is 3. The van der Waals surface area contributed by atoms with Crippen LogP contribution in [0.25, 0.3) is 0 Å². The lowest BCUT2D eigenvalue weighted by Crippen LogP contribution is -2.51. The van der Waals surface area contributed by atoms with Gasteiger partial charge in [0.05, 0.1) is 17.6 Å². The molecule has 0 bridgehead atoms. The smallest absolute Gasteiger partial charge is 0.243 e. The van der Waals surface area contributed by atoms with Crippen LogP contribution < -0.4 is 0 Å². The van der Waals surface area contributed by atoms with E-state index in [9.17, 15) is 8.42 Å². The van der Waals surface area contributed by atoms with Gasteiger partial charge in [-0.1, -0.05) is 32.9 Å². The molecule has 1 aliphatic heterocycles. The number of rotatable bonds is 2. The lowest BCUT2D eigenvalue weighted by atomic mass is 9.87. The van der Waals surface area contributed by atoms with Crippen molar-refractivity contribution in [1.29, 1.82) is 0 Å². The summed E-state index contributed by atoms with van der Waals surface area (Å²) in [6, 6.07) is 7.08. The summed E-state index contributed by atoms with van der Waals surface area (Å²) in [5, 5.41) is 0. The molecule has 1 aromatic carbocycles. The molecule has 0 radical (unpaired) electrons. The molecule has 1 aromatic rings. The van der Waals surface area contributed by atoms with E-state index in [0.717, 1.165) is 5.56 Å². The summed E-state index contributed by atoms with van der Waals surface area (Å²) >= 11 is 0. The van der Waals surface area contributed by atoms with Gasteiger partial charge in [-0.05, 0) is 37.0 Å². The fourth-order valence-corrected chi connectivity index (χ4v) is 4.18. The Bertz CT molecular complexity index is 587. The second kappa shape index (κ2) is 5.71. The lowest BCUT2D eigenvalue weighted by molar-refractivity contribution is -0.0232. The Morgan fingerprint density at radius 1 is 1.14 bits per heavy atom. The van der Waals surface area contributed by atoms with Crippen LogP contribution in [-0.4, -0.2) is 38.0 Å². The van der Waals surface area contributed by atoms with Crippen molar-refractivity contribution in [2.45, 2.75) is 57.1 Å². The normalized spacial score (nSPS) is 25.0. The summed E-state index contributed by atoms with van der Waals surface area (Å²) in [5.41, 5.74) is 1.15. The van der Waals surface area contributed by atoms with Crippen LogP contribution in [0.5, 0.6) is 0 Å². The summed E-state index contributed by atoms with van der Waals surface area (Å²) in [6.07, 6.45) is -0.0811. The highest BCUT2D eigenvalue weighted by atomic mass is 32.2. The molecule has 4 nitrogen and oxygen atoms in total. The van der Waals surface area contributed by atoms with Gasteiger partial charge >= 0.3 is 0 Å². The van der Waals surface area contributed by atoms with Gasteiger partial charge in [0.15, 0.2) is 0 Å². The second-order valence-electron chi connectivity index (χ2n) is 6.71. The van der Waals surface area contributed by atoms with Crippen molar-refractivity contribution in [2.75, 3.05) is 13.2 Å². The molecule has 0 aliphatic carbocycles. The van der Waals surface area contributed by atoms with Crippen molar-refractivity contribution in [3.8, 4) is 0 Å². The highest BCUT2D eigenvalue weighted by molar-refractivity contribution is 7.89. The van der Waals surface area contributed by atoms with Crippen molar-refractivity contribution in [3.05, 3.63) is 29.8 Å². The first-order valence-corrected chi connectivity index (χ1v) is 8.82. The molecule has 0 aromatic heterocycles. The molecule has 1 fully saturated rings. The molecular formula is C16H25NO3S. The van der Waals surface area contributed by atoms with Crippen LogP contribution >= 0.6 is 0 Å². The van der Waals surface area contributed by atoms with Crippen LogP contribution in [0, 0.1) is 0 Å². The predicted molar refractivity (Wildman–Crippen MR) is 83.9 cm³/mol. The number of sulfonamides is 1. The molecule has 0 amide bonds. The fourth-order valence-electron chi connectivity index (χ4n) is 2.51. The molecule has 118 valence electrons. The van der Waals surface area contributed by atoms with Gasteiger partial charge in [0.2, 0.25) is 10.0 Å². The van der Waals surface area contributed by atoms with Crippen LogP contribution in [0.4, 0.5) is 0 Å². The molecule has 2 unspecified atom stereocenters. The van der Waals surface area contributed by atoms with E-state index in [0.29, 0.717) is 18.0 Å². The summed E-state index contributed by atoms with van der Waals surface area (Å²) in [6.45, 7) is 11.0. The molecule has 0 spiro atoms. The van der Waals surface area contributed by atoms with Gasteiger partial charge in [-0.2, -0.15) is 4.31 Å². The average Bonchev–Trinajstić information content (AvgIpc) is 2.41. The third-order valence-electron chi connectivity index (χ3n) is 4.15. The lowest BCUT2D eigenvalue weighted by Gasteiger charge is -2.36. The topological polar surface area (TPSA) is 46.6 Å². The van der Waals surface area contributed by atoms with Gasteiger partial charge in [0.1, 0.15) is 0 Å². The maximum absolute atomic E-state index is 12.8. The molecule has 0 N–H and O–H groups in total. The summed E-state index contributed by atoms with van der Waals surface area (Å²) in [4.78, 5) is 0.358. The molecule has 1 saturated heterocycles. The Morgan fingerprint density at radius 2 is 1.71 bits per heavy atom. The van der Waals surface area contributed by atoms with Gasteiger partial charge in [0, 0.05) is 12.6 Å². The maximum atomic E-state index is 12.8. The highest BCUT2D eigenvalue weighted by Gasteiger charge is 2.35. The summed E-state index contributed by atoms with van der Waals surface area (Å²) < 4.78 is 32.6. The molecule has 21 heavy (non-hydrogen) atoms. The van der Waals surface area contributed by atoms with Crippen LogP contribution in [0.15, 0.2) is 29.2 Å². The third-order valence-corrected chi connectivity index (χ3v) is 6.15. The first-order valence-electron chi connectivity index (χ1n) is 7.38.